The number of hydrogen-bond donors (Lipinski definition) is 1. The SMILES string of the molecule is O=C(NC(Cc1ccccc1)C(=O)Cc1ccncc1)OCc1ccccc1. The molecule has 1 aromatic heterocycles. The molecule has 0 radical (unpaired) electrons. The Balaban J connectivity index is 1.64. The molecule has 0 aliphatic rings. The number of rotatable bonds is 8. The van der Waals surface area contributed by atoms with Crippen LogP contribution in [0.4, 0.5) is 4.79 Å². The van der Waals surface area contributed by atoms with Crippen LogP contribution in [0.25, 0.3) is 0 Å². The highest BCUT2D eigenvalue weighted by Gasteiger charge is 2.22. The average molecular weight is 374 g/mol. The number of amides is 1. The Morgan fingerprint density at radius 1 is 0.821 bits per heavy atom. The lowest BCUT2D eigenvalue weighted by molar-refractivity contribution is -0.120. The van der Waals surface area contributed by atoms with Crippen molar-refractivity contribution in [2.45, 2.75) is 25.5 Å². The molecule has 0 fully saturated rings. The van der Waals surface area contributed by atoms with Crippen molar-refractivity contribution < 1.29 is 14.3 Å². The van der Waals surface area contributed by atoms with Crippen molar-refractivity contribution in [3.63, 3.8) is 0 Å². The third-order valence-corrected chi connectivity index (χ3v) is 4.30. The Labute approximate surface area is 164 Å². The van der Waals surface area contributed by atoms with Gasteiger partial charge in [0.2, 0.25) is 0 Å². The molecule has 0 aliphatic carbocycles. The molecule has 0 bridgehead atoms. The average Bonchev–Trinajstić information content (AvgIpc) is 2.74. The van der Waals surface area contributed by atoms with Crippen LogP contribution in [0.15, 0.2) is 85.2 Å². The first kappa shape index (κ1) is 19.3. The summed E-state index contributed by atoms with van der Waals surface area (Å²) < 4.78 is 5.28. The number of hydrogen-bond acceptors (Lipinski definition) is 4. The summed E-state index contributed by atoms with van der Waals surface area (Å²) in [4.78, 5) is 29.1. The molecular weight excluding hydrogens is 352 g/mol. The van der Waals surface area contributed by atoms with Crippen LogP contribution in [0.3, 0.4) is 0 Å². The second-order valence-corrected chi connectivity index (χ2v) is 6.45. The molecule has 1 N–H and O–H groups in total. The van der Waals surface area contributed by atoms with Gasteiger partial charge in [-0.15, -0.1) is 0 Å². The summed E-state index contributed by atoms with van der Waals surface area (Å²) in [6, 6.07) is 22.0. The second kappa shape index (κ2) is 10.0. The molecule has 3 rings (SSSR count). The summed E-state index contributed by atoms with van der Waals surface area (Å²) in [7, 11) is 0. The fourth-order valence-corrected chi connectivity index (χ4v) is 2.83. The van der Waals surface area contributed by atoms with Crippen LogP contribution in [0.2, 0.25) is 0 Å². The molecule has 1 unspecified atom stereocenters. The molecule has 2 aromatic carbocycles. The largest absolute Gasteiger partial charge is 0.445 e. The van der Waals surface area contributed by atoms with Crippen LogP contribution in [0, 0.1) is 0 Å². The van der Waals surface area contributed by atoms with Gasteiger partial charge in [0, 0.05) is 18.8 Å². The minimum atomic E-state index is -0.668. The number of pyridine rings is 1. The molecule has 0 spiro atoms. The maximum Gasteiger partial charge on any atom is 0.408 e. The molecule has 142 valence electrons. The lowest BCUT2D eigenvalue weighted by Gasteiger charge is -2.18. The van der Waals surface area contributed by atoms with E-state index in [1.165, 1.54) is 0 Å². The van der Waals surface area contributed by atoms with Gasteiger partial charge in [-0.25, -0.2) is 4.79 Å². The van der Waals surface area contributed by atoms with Crippen LogP contribution in [-0.4, -0.2) is 22.9 Å². The predicted molar refractivity (Wildman–Crippen MR) is 107 cm³/mol. The highest BCUT2D eigenvalue weighted by molar-refractivity contribution is 5.89. The highest BCUT2D eigenvalue weighted by Crippen LogP contribution is 2.09. The number of Topliss-reactive ketones (excluding diaryl/α,β-unsaturated/α-hetero) is 1. The van der Waals surface area contributed by atoms with Crippen LogP contribution in [-0.2, 0) is 29.0 Å². The summed E-state index contributed by atoms with van der Waals surface area (Å²) in [6.45, 7) is 0.156. The minimum Gasteiger partial charge on any atom is -0.445 e. The maximum atomic E-state index is 12.8. The smallest absolute Gasteiger partial charge is 0.408 e. The fraction of sp³-hybridized carbons (Fsp3) is 0.174. The van der Waals surface area contributed by atoms with Crippen LogP contribution < -0.4 is 5.32 Å². The van der Waals surface area contributed by atoms with E-state index >= 15 is 0 Å². The van der Waals surface area contributed by atoms with E-state index in [-0.39, 0.29) is 18.8 Å². The van der Waals surface area contributed by atoms with E-state index in [1.54, 1.807) is 24.5 Å². The first-order chi connectivity index (χ1) is 13.7. The van der Waals surface area contributed by atoms with Crippen molar-refractivity contribution in [1.82, 2.24) is 10.3 Å². The third kappa shape index (κ3) is 6.06. The van der Waals surface area contributed by atoms with Crippen molar-refractivity contribution in [2.75, 3.05) is 0 Å². The molecule has 28 heavy (non-hydrogen) atoms. The number of alkyl carbamates (subject to hydrolysis) is 1. The normalized spacial score (nSPS) is 11.4. The first-order valence-electron chi connectivity index (χ1n) is 9.13. The molecule has 5 heteroatoms. The van der Waals surface area contributed by atoms with Crippen LogP contribution >= 0.6 is 0 Å². The molecular formula is C23H22N2O3. The summed E-state index contributed by atoms with van der Waals surface area (Å²) in [5.41, 5.74) is 2.72. The van der Waals surface area contributed by atoms with E-state index in [0.29, 0.717) is 6.42 Å². The van der Waals surface area contributed by atoms with E-state index < -0.39 is 12.1 Å². The second-order valence-electron chi connectivity index (χ2n) is 6.45. The van der Waals surface area contributed by atoms with Crippen molar-refractivity contribution in [1.29, 1.82) is 0 Å². The Morgan fingerprint density at radius 2 is 1.43 bits per heavy atom. The molecule has 0 aliphatic heterocycles. The topological polar surface area (TPSA) is 68.3 Å². The summed E-state index contributed by atoms with van der Waals surface area (Å²) in [5.74, 6) is -0.0771. The predicted octanol–water partition coefficient (Wildman–Crippen LogP) is 3.73. The van der Waals surface area contributed by atoms with Gasteiger partial charge in [-0.1, -0.05) is 60.7 Å². The third-order valence-electron chi connectivity index (χ3n) is 4.30. The Hall–Kier alpha value is -3.47. The van der Waals surface area contributed by atoms with Gasteiger partial charge in [-0.2, -0.15) is 0 Å². The van der Waals surface area contributed by atoms with Gasteiger partial charge in [0.25, 0.3) is 0 Å². The van der Waals surface area contributed by atoms with Crippen LogP contribution in [0.1, 0.15) is 16.7 Å². The lowest BCUT2D eigenvalue weighted by atomic mass is 9.98. The standard InChI is InChI=1S/C23H22N2O3/c26-22(16-19-11-13-24-14-12-19)21(15-18-7-3-1-4-8-18)25-23(27)28-17-20-9-5-2-6-10-20/h1-14,21H,15-17H2,(H,25,27). The maximum absolute atomic E-state index is 12.8. The molecule has 1 atom stereocenters. The van der Waals surface area contributed by atoms with Crippen molar-refractivity contribution in [3.05, 3.63) is 102 Å². The number of nitrogens with zero attached hydrogens (tertiary/aromatic N) is 1. The zero-order valence-electron chi connectivity index (χ0n) is 15.5. The van der Waals surface area contributed by atoms with Gasteiger partial charge >= 0.3 is 6.09 Å². The molecule has 0 saturated carbocycles. The van der Waals surface area contributed by atoms with E-state index in [4.69, 9.17) is 4.74 Å². The van der Waals surface area contributed by atoms with Crippen molar-refractivity contribution in [2.24, 2.45) is 0 Å². The number of benzene rings is 2. The van der Waals surface area contributed by atoms with Gasteiger partial charge < -0.3 is 10.1 Å². The lowest BCUT2D eigenvalue weighted by Crippen LogP contribution is -2.43. The van der Waals surface area contributed by atoms with Crippen LogP contribution in [0.5, 0.6) is 0 Å². The zero-order valence-corrected chi connectivity index (χ0v) is 15.5. The van der Waals surface area contributed by atoms with E-state index in [9.17, 15) is 9.59 Å². The molecule has 0 saturated heterocycles. The number of nitrogens with one attached hydrogen (secondary N) is 1. The highest BCUT2D eigenvalue weighted by atomic mass is 16.5. The number of carbonyl (C=O) groups is 2. The van der Waals surface area contributed by atoms with Gasteiger partial charge in [-0.3, -0.25) is 9.78 Å². The number of ketones is 1. The minimum absolute atomic E-state index is 0.0771. The van der Waals surface area contributed by atoms with Gasteiger partial charge in [0.1, 0.15) is 6.61 Å². The molecule has 1 amide bonds. The number of aromatic nitrogens is 1. The van der Waals surface area contributed by atoms with Crippen molar-refractivity contribution in [3.8, 4) is 0 Å². The number of carbonyl (C=O) groups excluding carboxylic acids is 2. The Bertz CT molecular complexity index is 883. The summed E-state index contributed by atoms with van der Waals surface area (Å²) >= 11 is 0. The zero-order chi connectivity index (χ0) is 19.6. The van der Waals surface area contributed by atoms with Gasteiger partial charge in [0.05, 0.1) is 6.04 Å². The van der Waals surface area contributed by atoms with Gasteiger partial charge in [-0.05, 0) is 35.2 Å². The summed E-state index contributed by atoms with van der Waals surface area (Å²) in [6.07, 6.45) is 3.32. The number of ether oxygens (including phenoxy) is 1. The van der Waals surface area contributed by atoms with E-state index in [1.807, 2.05) is 60.7 Å². The summed E-state index contributed by atoms with van der Waals surface area (Å²) in [5, 5.41) is 2.73. The van der Waals surface area contributed by atoms with Crippen molar-refractivity contribution >= 4 is 11.9 Å². The first-order valence-corrected chi connectivity index (χ1v) is 9.13. The molecule has 3 aromatic rings. The van der Waals surface area contributed by atoms with E-state index in [2.05, 4.69) is 10.3 Å². The molecule has 1 heterocycles. The monoisotopic (exact) mass is 374 g/mol. The molecule has 5 nitrogen and oxygen atoms in total. The quantitative estimate of drug-likeness (QED) is 0.652. The fourth-order valence-electron chi connectivity index (χ4n) is 2.83. The van der Waals surface area contributed by atoms with Gasteiger partial charge in [0.15, 0.2) is 5.78 Å². The Morgan fingerprint density at radius 3 is 2.07 bits per heavy atom. The van der Waals surface area contributed by atoms with E-state index in [0.717, 1.165) is 16.7 Å². The Kier molecular flexibility index (Phi) is 6.90.